The maximum Gasteiger partial charge on any atom is 0.407 e. The topological polar surface area (TPSA) is 264 Å². The molecule has 3 aliphatic rings. The first-order valence-electron chi connectivity index (χ1n) is 28.8. The molecule has 6 aromatic rings. The van der Waals surface area contributed by atoms with E-state index in [0.717, 1.165) is 53.5 Å². The molecule has 0 spiro atoms. The Hall–Kier alpha value is -8.55. The summed E-state index contributed by atoms with van der Waals surface area (Å²) in [6.45, 7) is 1.79. The second-order valence-electron chi connectivity index (χ2n) is 21.8. The number of H-pyrrole nitrogens is 1. The zero-order valence-electron chi connectivity index (χ0n) is 46.8. The van der Waals surface area contributed by atoms with Crippen LogP contribution in [0, 0.1) is 11.8 Å². The molecule has 5 aromatic carbocycles. The fraction of sp³-hybridized carbons (Fsp3) is 0.391. The zero-order valence-corrected chi connectivity index (χ0v) is 46.8. The number of benzene rings is 5. The molecule has 9 N–H and O–H groups in total. The van der Waals surface area contributed by atoms with E-state index in [1.54, 1.807) is 42.6 Å². The SMILES string of the molecule is COc1ccc(C[C@@H]2NC(=O)[C@H](Cc3ccc(OCc4ccccc4)cc3)NC(=O)[C@H](CC3CCNCC3)CC(=O)[C@@H](Cc3c[nH]c4ccccc34)NC(=O)[C@@H](CCc3ccccc3)NC(=O)[C@@H]3C[C@@H](OC(=O)NCCN)CN3C2=O)cc1. The molecule has 3 aliphatic heterocycles. The third-order valence-electron chi connectivity index (χ3n) is 15.9. The van der Waals surface area contributed by atoms with E-state index in [4.69, 9.17) is 19.9 Å². The largest absolute Gasteiger partial charge is 0.497 e. The van der Waals surface area contributed by atoms with Gasteiger partial charge in [-0.25, -0.2) is 4.79 Å². The number of piperidine rings is 1. The number of aryl methyl sites for hydroxylation is 1. The van der Waals surface area contributed by atoms with Gasteiger partial charge in [0.1, 0.15) is 48.4 Å². The van der Waals surface area contributed by atoms with E-state index in [-0.39, 0.29) is 64.1 Å². The van der Waals surface area contributed by atoms with Gasteiger partial charge in [-0.05, 0) is 109 Å². The Morgan fingerprint density at radius 1 is 0.651 bits per heavy atom. The van der Waals surface area contributed by atoms with Crippen LogP contribution in [-0.2, 0) is 65.8 Å². The molecule has 19 nitrogen and oxygen atoms in total. The number of alkyl carbamates (subject to hydrolysis) is 1. The number of Topliss-reactive ketones (excluding diaryl/α,β-unsaturated/α-hetero) is 1. The fourth-order valence-electron chi connectivity index (χ4n) is 11.3. The van der Waals surface area contributed by atoms with E-state index in [2.05, 4.69) is 36.9 Å². The summed E-state index contributed by atoms with van der Waals surface area (Å²) in [5.74, 6) is -3.38. The van der Waals surface area contributed by atoms with Gasteiger partial charge in [-0.1, -0.05) is 103 Å². The van der Waals surface area contributed by atoms with Gasteiger partial charge < -0.3 is 61.7 Å². The second kappa shape index (κ2) is 28.9. The number of hydrogen-bond acceptors (Lipinski definition) is 12. The van der Waals surface area contributed by atoms with Crippen molar-refractivity contribution in [2.45, 2.75) is 107 Å². The highest BCUT2D eigenvalue weighted by Gasteiger charge is 2.45. The van der Waals surface area contributed by atoms with Crippen LogP contribution < -0.4 is 47.1 Å². The Morgan fingerprint density at radius 2 is 1.27 bits per heavy atom. The average molecular weight is 1130 g/mol. The number of nitrogens with two attached hydrogens (primary N) is 1. The van der Waals surface area contributed by atoms with Crippen molar-refractivity contribution in [3.8, 4) is 11.5 Å². The van der Waals surface area contributed by atoms with Gasteiger partial charge in [0.05, 0.1) is 19.7 Å². The monoisotopic (exact) mass is 1130 g/mol. The number of para-hydroxylation sites is 1. The number of carbonyl (C=O) groups is 7. The Kier molecular flexibility index (Phi) is 20.6. The fourth-order valence-corrected chi connectivity index (χ4v) is 11.3. The molecular weight excluding hydrogens is 1050 g/mol. The summed E-state index contributed by atoms with van der Waals surface area (Å²) in [5.41, 5.74) is 10.4. The molecule has 3 fully saturated rings. The van der Waals surface area contributed by atoms with Gasteiger partial charge in [0.15, 0.2) is 5.78 Å². The first-order chi connectivity index (χ1) is 40.4. The maximum absolute atomic E-state index is 15.5. The molecule has 0 saturated carbocycles. The van der Waals surface area contributed by atoms with E-state index >= 15 is 28.8 Å². The van der Waals surface area contributed by atoms with Crippen LogP contribution in [0.15, 0.2) is 140 Å². The number of nitrogens with zero attached hydrogens (tertiary/aromatic N) is 1. The zero-order chi connectivity index (χ0) is 58.1. The van der Waals surface area contributed by atoms with Gasteiger partial charge >= 0.3 is 6.09 Å². The molecule has 19 heteroatoms. The minimum atomic E-state index is -1.35. The van der Waals surface area contributed by atoms with E-state index in [0.29, 0.717) is 42.1 Å². The van der Waals surface area contributed by atoms with Crippen LogP contribution in [0.5, 0.6) is 11.5 Å². The number of aromatic nitrogens is 1. The molecule has 0 aliphatic carbocycles. The highest BCUT2D eigenvalue weighted by Crippen LogP contribution is 2.28. The van der Waals surface area contributed by atoms with Crippen LogP contribution in [0.2, 0.25) is 0 Å². The quantitative estimate of drug-likeness (QED) is 0.0566. The van der Waals surface area contributed by atoms with Crippen molar-refractivity contribution in [3.05, 3.63) is 167 Å². The predicted molar refractivity (Wildman–Crippen MR) is 313 cm³/mol. The third kappa shape index (κ3) is 16.3. The number of carbonyl (C=O) groups excluding carboxylic acids is 7. The van der Waals surface area contributed by atoms with Crippen molar-refractivity contribution >= 4 is 52.3 Å². The number of amides is 6. The minimum Gasteiger partial charge on any atom is -0.497 e. The lowest BCUT2D eigenvalue weighted by atomic mass is 9.83. The van der Waals surface area contributed by atoms with Crippen molar-refractivity contribution in [3.63, 3.8) is 0 Å². The van der Waals surface area contributed by atoms with E-state index < -0.39 is 83.6 Å². The molecule has 83 heavy (non-hydrogen) atoms. The Morgan fingerprint density at radius 3 is 1.96 bits per heavy atom. The molecule has 436 valence electrons. The highest BCUT2D eigenvalue weighted by molar-refractivity contribution is 5.99. The lowest BCUT2D eigenvalue weighted by Crippen LogP contribution is -2.60. The summed E-state index contributed by atoms with van der Waals surface area (Å²) in [6.07, 6.45) is 1.81. The first kappa shape index (κ1) is 59.1. The third-order valence-corrected chi connectivity index (χ3v) is 15.9. The summed E-state index contributed by atoms with van der Waals surface area (Å²) in [4.78, 5) is 109. The van der Waals surface area contributed by atoms with Gasteiger partial charge in [-0.15, -0.1) is 0 Å². The van der Waals surface area contributed by atoms with Crippen LogP contribution in [-0.4, -0.2) is 127 Å². The normalized spacial score (nSPS) is 22.3. The van der Waals surface area contributed by atoms with Crippen molar-refractivity contribution < 1.29 is 47.8 Å². The molecule has 1 aromatic heterocycles. The minimum absolute atomic E-state index is 0.0276. The van der Waals surface area contributed by atoms with Gasteiger partial charge in [-0.2, -0.15) is 0 Å². The van der Waals surface area contributed by atoms with Crippen LogP contribution in [0.4, 0.5) is 4.79 Å². The van der Waals surface area contributed by atoms with Crippen molar-refractivity contribution in [1.29, 1.82) is 0 Å². The standard InChI is InChI=1S/C64H75N9O10/c1-81-48-21-16-43(17-22-48)34-56-63(79)73-39-50(83-64(80)67-31-28-65)37-57(73)62(78)69-53(25-20-41-10-4-2-5-11-41)60(76)70-54(35-47-38-68-52-15-9-8-14-51(47)52)58(74)36-46(32-44-26-29-66-30-27-44)59(75)71-55(61(77)72-56)33-42-18-23-49(24-19-42)82-40-45-12-6-3-7-13-45/h2-19,21-24,38,44,46,50,53-57,66,68H,20,25-37,39-40,65H2,1H3,(H,67,80)(H,69,78)(H,70,76)(H,71,75)(H,72,77)/t46-,50-,53-,54-,55+,56+,57+/m1/s1. The van der Waals surface area contributed by atoms with Crippen LogP contribution in [0.25, 0.3) is 10.9 Å². The van der Waals surface area contributed by atoms with Crippen molar-refractivity contribution in [1.82, 2.24) is 41.8 Å². The molecule has 9 rings (SSSR count). The molecule has 3 saturated heterocycles. The summed E-state index contributed by atoms with van der Waals surface area (Å²) in [5, 5.41) is 18.9. The molecule has 7 atom stereocenters. The van der Waals surface area contributed by atoms with E-state index in [1.807, 2.05) is 97.1 Å². The number of hydrogen-bond donors (Lipinski definition) is 8. The molecule has 6 amide bonds. The summed E-state index contributed by atoms with van der Waals surface area (Å²) in [6, 6.07) is 34.6. The van der Waals surface area contributed by atoms with Crippen molar-refractivity contribution in [2.75, 3.05) is 39.8 Å². The number of ether oxygens (including phenoxy) is 3. The molecule has 0 bridgehead atoms. The molecule has 4 heterocycles. The van der Waals surface area contributed by atoms with Crippen LogP contribution in [0.3, 0.4) is 0 Å². The Bertz CT molecular complexity index is 3150. The summed E-state index contributed by atoms with van der Waals surface area (Å²) < 4.78 is 17.3. The second-order valence-corrected chi connectivity index (χ2v) is 21.8. The van der Waals surface area contributed by atoms with E-state index in [1.165, 1.54) is 12.0 Å². The number of ketones is 1. The Labute approximate surface area is 483 Å². The number of fused-ring (bicyclic) bond motifs is 2. The first-order valence-corrected chi connectivity index (χ1v) is 28.8. The van der Waals surface area contributed by atoms with Gasteiger partial charge in [0.2, 0.25) is 29.5 Å². The molecule has 0 unspecified atom stereocenters. The molecular formula is C64H75N9O10. The molecule has 0 radical (unpaired) electrons. The van der Waals surface area contributed by atoms with Gasteiger partial charge in [0, 0.05) is 68.2 Å². The number of methoxy groups -OCH3 is 1. The smallest absolute Gasteiger partial charge is 0.407 e. The predicted octanol–water partition coefficient (Wildman–Crippen LogP) is 4.99. The van der Waals surface area contributed by atoms with Crippen LogP contribution >= 0.6 is 0 Å². The van der Waals surface area contributed by atoms with E-state index in [9.17, 15) is 4.79 Å². The van der Waals surface area contributed by atoms with Crippen LogP contribution in [0.1, 0.15) is 66.3 Å². The average Bonchev–Trinajstić information content (AvgIpc) is 4.38. The lowest BCUT2D eigenvalue weighted by Gasteiger charge is -2.32. The number of aromatic amines is 1. The van der Waals surface area contributed by atoms with Gasteiger partial charge in [-0.3, -0.25) is 28.8 Å². The highest BCUT2D eigenvalue weighted by atomic mass is 16.6. The summed E-state index contributed by atoms with van der Waals surface area (Å²) in [7, 11) is 1.53. The van der Waals surface area contributed by atoms with Crippen molar-refractivity contribution in [2.24, 2.45) is 17.6 Å². The lowest BCUT2D eigenvalue weighted by molar-refractivity contribution is -0.143. The van der Waals surface area contributed by atoms with Gasteiger partial charge in [0.25, 0.3) is 0 Å². The number of nitrogens with one attached hydrogen (secondary N) is 7. The Balaban J connectivity index is 1.11. The maximum atomic E-state index is 15.5. The number of rotatable bonds is 18. The summed E-state index contributed by atoms with van der Waals surface area (Å²) >= 11 is 0.